The van der Waals surface area contributed by atoms with Crippen molar-refractivity contribution in [2.24, 2.45) is 11.3 Å². The summed E-state index contributed by atoms with van der Waals surface area (Å²) in [6.45, 7) is 6.62. The molecule has 94 valence electrons. The van der Waals surface area contributed by atoms with Crippen LogP contribution in [0.15, 0.2) is 18.5 Å². The minimum absolute atomic E-state index is 0.206. The van der Waals surface area contributed by atoms with Crippen molar-refractivity contribution in [1.82, 2.24) is 4.98 Å². The molecule has 0 bridgehead atoms. The molecule has 0 saturated heterocycles. The van der Waals surface area contributed by atoms with Crippen LogP contribution in [0.4, 0.5) is 5.69 Å². The maximum atomic E-state index is 10.9. The van der Waals surface area contributed by atoms with Crippen molar-refractivity contribution in [2.75, 3.05) is 5.73 Å². The Kier molecular flexibility index (Phi) is 2.90. The van der Waals surface area contributed by atoms with Crippen LogP contribution in [0.1, 0.15) is 45.6 Å². The maximum absolute atomic E-state index is 10.9. The van der Waals surface area contributed by atoms with E-state index in [9.17, 15) is 5.11 Å². The SMILES string of the molecule is CC1CC(C)(C)CCC1(O)c1cnccc1N. The molecule has 2 atom stereocenters. The summed E-state index contributed by atoms with van der Waals surface area (Å²) in [5, 5.41) is 10.9. The van der Waals surface area contributed by atoms with Crippen molar-refractivity contribution in [3.05, 3.63) is 24.0 Å². The third-order valence-corrected chi connectivity index (χ3v) is 4.18. The van der Waals surface area contributed by atoms with Crippen molar-refractivity contribution >= 4 is 5.69 Å². The second kappa shape index (κ2) is 3.98. The Morgan fingerprint density at radius 3 is 2.71 bits per heavy atom. The largest absolute Gasteiger partial charge is 0.398 e. The van der Waals surface area contributed by atoms with Gasteiger partial charge < -0.3 is 10.8 Å². The van der Waals surface area contributed by atoms with E-state index in [0.717, 1.165) is 24.8 Å². The minimum Gasteiger partial charge on any atom is -0.398 e. The van der Waals surface area contributed by atoms with Gasteiger partial charge in [0, 0.05) is 23.6 Å². The van der Waals surface area contributed by atoms with E-state index in [2.05, 4.69) is 25.8 Å². The van der Waals surface area contributed by atoms with Gasteiger partial charge in [-0.3, -0.25) is 4.98 Å². The molecule has 3 nitrogen and oxygen atoms in total. The molecule has 1 aromatic rings. The van der Waals surface area contributed by atoms with E-state index in [4.69, 9.17) is 5.73 Å². The van der Waals surface area contributed by atoms with Gasteiger partial charge >= 0.3 is 0 Å². The lowest BCUT2D eigenvalue weighted by atomic mass is 9.63. The molecule has 17 heavy (non-hydrogen) atoms. The average Bonchev–Trinajstić information content (AvgIpc) is 2.24. The summed E-state index contributed by atoms with van der Waals surface area (Å²) in [6, 6.07) is 1.76. The highest BCUT2D eigenvalue weighted by atomic mass is 16.3. The normalized spacial score (nSPS) is 32.4. The molecular weight excluding hydrogens is 212 g/mol. The Balaban J connectivity index is 2.35. The van der Waals surface area contributed by atoms with Crippen molar-refractivity contribution in [3.63, 3.8) is 0 Å². The smallest absolute Gasteiger partial charge is 0.0957 e. The van der Waals surface area contributed by atoms with Crippen LogP contribution in [-0.4, -0.2) is 10.1 Å². The van der Waals surface area contributed by atoms with E-state index in [1.165, 1.54) is 0 Å². The molecule has 2 unspecified atom stereocenters. The highest BCUT2D eigenvalue weighted by Gasteiger charge is 2.44. The lowest BCUT2D eigenvalue weighted by Gasteiger charge is -2.45. The molecule has 1 aliphatic carbocycles. The Morgan fingerprint density at radius 2 is 2.12 bits per heavy atom. The van der Waals surface area contributed by atoms with Crippen LogP contribution >= 0.6 is 0 Å². The number of aliphatic hydroxyl groups is 1. The zero-order valence-corrected chi connectivity index (χ0v) is 10.9. The number of aromatic nitrogens is 1. The van der Waals surface area contributed by atoms with E-state index in [0.29, 0.717) is 11.1 Å². The summed E-state index contributed by atoms with van der Waals surface area (Å²) in [7, 11) is 0. The molecule has 1 aliphatic rings. The van der Waals surface area contributed by atoms with E-state index in [-0.39, 0.29) is 5.92 Å². The third kappa shape index (κ3) is 2.16. The second-order valence-corrected chi connectivity index (χ2v) is 6.16. The number of hydrogen-bond donors (Lipinski definition) is 2. The molecule has 1 aromatic heterocycles. The van der Waals surface area contributed by atoms with Crippen LogP contribution in [0.5, 0.6) is 0 Å². The molecule has 0 spiro atoms. The molecule has 2 rings (SSSR count). The summed E-state index contributed by atoms with van der Waals surface area (Å²) < 4.78 is 0. The lowest BCUT2D eigenvalue weighted by molar-refractivity contribution is -0.0766. The molecule has 1 saturated carbocycles. The van der Waals surface area contributed by atoms with Crippen LogP contribution in [0.25, 0.3) is 0 Å². The zero-order valence-electron chi connectivity index (χ0n) is 10.9. The fourth-order valence-corrected chi connectivity index (χ4v) is 3.04. The first-order chi connectivity index (χ1) is 7.85. The third-order valence-electron chi connectivity index (χ3n) is 4.18. The van der Waals surface area contributed by atoms with Gasteiger partial charge in [-0.15, -0.1) is 0 Å². The van der Waals surface area contributed by atoms with Crippen LogP contribution < -0.4 is 5.73 Å². The van der Waals surface area contributed by atoms with Gasteiger partial charge in [0.2, 0.25) is 0 Å². The molecule has 1 heterocycles. The number of anilines is 1. The topological polar surface area (TPSA) is 59.1 Å². The molecule has 1 fully saturated rings. The van der Waals surface area contributed by atoms with Gasteiger partial charge in [-0.25, -0.2) is 0 Å². The van der Waals surface area contributed by atoms with E-state index < -0.39 is 5.60 Å². The summed E-state index contributed by atoms with van der Waals surface area (Å²) in [5.74, 6) is 0.206. The highest BCUT2D eigenvalue weighted by molar-refractivity contribution is 5.48. The van der Waals surface area contributed by atoms with Crippen LogP contribution in [-0.2, 0) is 5.60 Å². The summed E-state index contributed by atoms with van der Waals surface area (Å²) in [4.78, 5) is 4.10. The van der Waals surface area contributed by atoms with Crippen molar-refractivity contribution in [3.8, 4) is 0 Å². The summed E-state index contributed by atoms with van der Waals surface area (Å²) >= 11 is 0. The van der Waals surface area contributed by atoms with Crippen LogP contribution in [0, 0.1) is 11.3 Å². The van der Waals surface area contributed by atoms with E-state index in [1.807, 2.05) is 0 Å². The quantitative estimate of drug-likeness (QED) is 0.785. The number of nitrogen functional groups attached to an aromatic ring is 1. The first-order valence-corrected chi connectivity index (χ1v) is 6.27. The predicted molar refractivity (Wildman–Crippen MR) is 69.3 cm³/mol. The first-order valence-electron chi connectivity index (χ1n) is 6.27. The summed E-state index contributed by atoms with van der Waals surface area (Å²) in [6.07, 6.45) is 6.17. The molecular formula is C14H22N2O. The van der Waals surface area contributed by atoms with Gasteiger partial charge in [0.25, 0.3) is 0 Å². The molecule has 0 aliphatic heterocycles. The Hall–Kier alpha value is -1.09. The number of nitrogens with two attached hydrogens (primary N) is 1. The van der Waals surface area contributed by atoms with Crippen LogP contribution in [0.2, 0.25) is 0 Å². The second-order valence-electron chi connectivity index (χ2n) is 6.16. The molecule has 3 N–H and O–H groups in total. The molecule has 0 aromatic carbocycles. The van der Waals surface area contributed by atoms with Crippen molar-refractivity contribution < 1.29 is 5.11 Å². The van der Waals surface area contributed by atoms with Gasteiger partial charge in [0.05, 0.1) is 5.60 Å². The summed E-state index contributed by atoms with van der Waals surface area (Å²) in [5.41, 5.74) is 6.90. The van der Waals surface area contributed by atoms with Gasteiger partial charge in [-0.05, 0) is 36.7 Å². The van der Waals surface area contributed by atoms with Crippen molar-refractivity contribution in [1.29, 1.82) is 0 Å². The number of nitrogens with zero attached hydrogens (tertiary/aromatic N) is 1. The first kappa shape index (κ1) is 12.4. The number of pyridine rings is 1. The number of hydrogen-bond acceptors (Lipinski definition) is 3. The van der Waals surface area contributed by atoms with Gasteiger partial charge in [0.15, 0.2) is 0 Å². The lowest BCUT2D eigenvalue weighted by Crippen LogP contribution is -2.42. The number of rotatable bonds is 1. The van der Waals surface area contributed by atoms with Gasteiger partial charge in [-0.1, -0.05) is 20.8 Å². The molecule has 0 amide bonds. The Bertz CT molecular complexity index is 416. The standard InChI is InChI=1S/C14H22N2O/c1-10-8-13(2,3)5-6-14(10,17)11-9-16-7-4-12(11)15/h4,7,9-10,17H,5-6,8H2,1-3H3,(H2,15,16). The Labute approximate surface area is 103 Å². The van der Waals surface area contributed by atoms with Gasteiger partial charge in [0.1, 0.15) is 0 Å². The van der Waals surface area contributed by atoms with E-state index >= 15 is 0 Å². The van der Waals surface area contributed by atoms with E-state index in [1.54, 1.807) is 18.5 Å². The average molecular weight is 234 g/mol. The minimum atomic E-state index is -0.812. The monoisotopic (exact) mass is 234 g/mol. The highest BCUT2D eigenvalue weighted by Crippen LogP contribution is 2.49. The van der Waals surface area contributed by atoms with Crippen molar-refractivity contribution in [2.45, 2.75) is 45.6 Å². The molecule has 0 radical (unpaired) electrons. The maximum Gasteiger partial charge on any atom is 0.0957 e. The van der Waals surface area contributed by atoms with Gasteiger partial charge in [-0.2, -0.15) is 0 Å². The molecule has 3 heteroatoms. The fourth-order valence-electron chi connectivity index (χ4n) is 3.04. The zero-order chi connectivity index (χ0) is 12.7. The fraction of sp³-hybridized carbons (Fsp3) is 0.643. The Morgan fingerprint density at radius 1 is 1.41 bits per heavy atom. The van der Waals surface area contributed by atoms with Crippen LogP contribution in [0.3, 0.4) is 0 Å². The predicted octanol–water partition coefficient (Wildman–Crippen LogP) is 2.70.